The first-order valence-electron chi connectivity index (χ1n) is 7.42. The highest BCUT2D eigenvalue weighted by molar-refractivity contribution is 7.13. The quantitative estimate of drug-likeness (QED) is 0.855. The number of rotatable bonds is 4. The molecule has 0 bridgehead atoms. The second-order valence-corrected chi connectivity index (χ2v) is 6.69. The summed E-state index contributed by atoms with van der Waals surface area (Å²) in [6.45, 7) is 4.01. The van der Waals surface area contributed by atoms with Crippen molar-refractivity contribution in [1.82, 2.24) is 18.8 Å². The Balaban J connectivity index is 1.78. The minimum Gasteiger partial charge on any atom is -0.347 e. The monoisotopic (exact) mass is 307 g/mol. The number of hydrogen-bond donors (Lipinski definition) is 0. The van der Waals surface area contributed by atoms with E-state index in [0.717, 1.165) is 31.0 Å². The summed E-state index contributed by atoms with van der Waals surface area (Å²) in [4.78, 5) is 26.1. The molecule has 0 atom stereocenters. The number of aromatic nitrogens is 3. The van der Waals surface area contributed by atoms with E-state index < -0.39 is 0 Å². The lowest BCUT2D eigenvalue weighted by atomic mass is 10.1. The minimum absolute atomic E-state index is 0.0392. The Bertz CT molecular complexity index is 672. The van der Waals surface area contributed by atoms with E-state index in [2.05, 4.69) is 14.9 Å². The Hall–Kier alpha value is -1.47. The lowest BCUT2D eigenvalue weighted by molar-refractivity contribution is 0.222. The van der Waals surface area contributed by atoms with E-state index in [4.69, 9.17) is 0 Å². The normalized spacial score (nSPS) is 16.5. The van der Waals surface area contributed by atoms with Gasteiger partial charge >= 0.3 is 0 Å². The standard InChI is InChI=1S/C14H21N5OS/c1-17(2)14-15-10-11-12(16-14)21-19(13(11)20)9-8-18-6-4-3-5-7-18/h10H,3-9H2,1-2H3. The van der Waals surface area contributed by atoms with Gasteiger partial charge in [-0.3, -0.25) is 8.75 Å². The smallest absolute Gasteiger partial charge is 0.271 e. The van der Waals surface area contributed by atoms with Gasteiger partial charge in [0.25, 0.3) is 5.56 Å². The molecule has 0 spiro atoms. The second-order valence-electron chi connectivity index (χ2n) is 5.68. The maximum Gasteiger partial charge on any atom is 0.271 e. The first-order chi connectivity index (χ1) is 10.1. The molecule has 0 unspecified atom stereocenters. The Morgan fingerprint density at radius 1 is 1.24 bits per heavy atom. The molecular formula is C14H21N5OS. The van der Waals surface area contributed by atoms with Crippen LogP contribution in [-0.2, 0) is 6.54 Å². The average molecular weight is 307 g/mol. The Morgan fingerprint density at radius 3 is 2.71 bits per heavy atom. The van der Waals surface area contributed by atoms with Crippen molar-refractivity contribution >= 4 is 27.7 Å². The fourth-order valence-corrected chi connectivity index (χ4v) is 3.56. The molecule has 3 rings (SSSR count). The summed E-state index contributed by atoms with van der Waals surface area (Å²) < 4.78 is 1.81. The van der Waals surface area contributed by atoms with Crippen molar-refractivity contribution in [3.8, 4) is 0 Å². The molecule has 1 saturated heterocycles. The van der Waals surface area contributed by atoms with Gasteiger partial charge in [0.1, 0.15) is 0 Å². The van der Waals surface area contributed by atoms with E-state index in [1.807, 2.05) is 23.0 Å². The van der Waals surface area contributed by atoms with Gasteiger partial charge in [-0.2, -0.15) is 0 Å². The van der Waals surface area contributed by atoms with E-state index in [0.29, 0.717) is 11.3 Å². The molecule has 3 heterocycles. The number of fused-ring (bicyclic) bond motifs is 1. The maximum atomic E-state index is 12.3. The van der Waals surface area contributed by atoms with Crippen LogP contribution in [0.15, 0.2) is 11.0 Å². The topological polar surface area (TPSA) is 54.3 Å². The molecule has 21 heavy (non-hydrogen) atoms. The fourth-order valence-electron chi connectivity index (χ4n) is 2.63. The Labute approximate surface area is 128 Å². The zero-order valence-electron chi connectivity index (χ0n) is 12.6. The van der Waals surface area contributed by atoms with Crippen molar-refractivity contribution in [2.45, 2.75) is 25.8 Å². The van der Waals surface area contributed by atoms with Crippen molar-refractivity contribution in [1.29, 1.82) is 0 Å². The first-order valence-corrected chi connectivity index (χ1v) is 8.19. The molecule has 1 aliphatic heterocycles. The van der Waals surface area contributed by atoms with E-state index in [-0.39, 0.29) is 5.56 Å². The van der Waals surface area contributed by atoms with E-state index in [1.54, 1.807) is 6.20 Å². The molecule has 2 aromatic heterocycles. The molecule has 2 aromatic rings. The van der Waals surface area contributed by atoms with Crippen molar-refractivity contribution in [2.24, 2.45) is 0 Å². The van der Waals surface area contributed by atoms with Crippen LogP contribution in [0.3, 0.4) is 0 Å². The van der Waals surface area contributed by atoms with Crippen LogP contribution < -0.4 is 10.5 Å². The van der Waals surface area contributed by atoms with Gasteiger partial charge in [-0.25, -0.2) is 9.97 Å². The number of piperidine rings is 1. The number of likely N-dealkylation sites (tertiary alicyclic amines) is 1. The van der Waals surface area contributed by atoms with Crippen molar-refractivity contribution in [3.63, 3.8) is 0 Å². The van der Waals surface area contributed by atoms with Crippen LogP contribution in [-0.4, -0.2) is 52.6 Å². The summed E-state index contributed by atoms with van der Waals surface area (Å²) in [6.07, 6.45) is 5.54. The number of nitrogens with zero attached hydrogens (tertiary/aromatic N) is 5. The van der Waals surface area contributed by atoms with Gasteiger partial charge in [0.2, 0.25) is 5.95 Å². The highest BCUT2D eigenvalue weighted by Crippen LogP contribution is 2.16. The van der Waals surface area contributed by atoms with E-state index in [9.17, 15) is 4.79 Å². The van der Waals surface area contributed by atoms with E-state index in [1.165, 1.54) is 30.8 Å². The van der Waals surface area contributed by atoms with Crippen LogP contribution in [0.1, 0.15) is 19.3 Å². The Kier molecular flexibility index (Phi) is 4.21. The van der Waals surface area contributed by atoms with Crippen LogP contribution >= 0.6 is 11.5 Å². The van der Waals surface area contributed by atoms with Crippen molar-refractivity contribution in [2.75, 3.05) is 38.6 Å². The van der Waals surface area contributed by atoms with Crippen LogP contribution in [0.4, 0.5) is 5.95 Å². The van der Waals surface area contributed by atoms with Crippen molar-refractivity contribution < 1.29 is 0 Å². The lowest BCUT2D eigenvalue weighted by Crippen LogP contribution is -2.33. The van der Waals surface area contributed by atoms with Crippen LogP contribution in [0.5, 0.6) is 0 Å². The average Bonchev–Trinajstić information content (AvgIpc) is 2.82. The van der Waals surface area contributed by atoms with Gasteiger partial charge < -0.3 is 9.80 Å². The van der Waals surface area contributed by atoms with Crippen LogP contribution in [0.2, 0.25) is 0 Å². The summed E-state index contributed by atoms with van der Waals surface area (Å²) in [5.74, 6) is 0.645. The molecule has 0 N–H and O–H groups in total. The molecule has 0 radical (unpaired) electrons. The molecule has 0 amide bonds. The third kappa shape index (κ3) is 3.08. The number of anilines is 1. The molecule has 0 aromatic carbocycles. The molecule has 6 nitrogen and oxygen atoms in total. The highest BCUT2D eigenvalue weighted by atomic mass is 32.1. The van der Waals surface area contributed by atoms with Gasteiger partial charge in [-0.05, 0) is 37.5 Å². The van der Waals surface area contributed by atoms with Gasteiger partial charge in [0.05, 0.1) is 5.39 Å². The zero-order valence-corrected chi connectivity index (χ0v) is 13.4. The third-order valence-electron chi connectivity index (χ3n) is 3.86. The predicted molar refractivity (Wildman–Crippen MR) is 86.3 cm³/mol. The van der Waals surface area contributed by atoms with E-state index >= 15 is 0 Å². The van der Waals surface area contributed by atoms with Gasteiger partial charge in [-0.1, -0.05) is 6.42 Å². The third-order valence-corrected chi connectivity index (χ3v) is 4.92. The molecular weight excluding hydrogens is 286 g/mol. The lowest BCUT2D eigenvalue weighted by Gasteiger charge is -2.26. The van der Waals surface area contributed by atoms with Crippen LogP contribution in [0.25, 0.3) is 10.2 Å². The summed E-state index contributed by atoms with van der Waals surface area (Å²) in [6, 6.07) is 0. The first kappa shape index (κ1) is 14.5. The van der Waals surface area contributed by atoms with Crippen molar-refractivity contribution in [3.05, 3.63) is 16.6 Å². The maximum absolute atomic E-state index is 12.3. The minimum atomic E-state index is 0.0392. The molecule has 0 aliphatic carbocycles. The zero-order chi connectivity index (χ0) is 14.8. The molecule has 0 saturated carbocycles. The molecule has 114 valence electrons. The molecule has 7 heteroatoms. The summed E-state index contributed by atoms with van der Waals surface area (Å²) in [5, 5.41) is 0.629. The summed E-state index contributed by atoms with van der Waals surface area (Å²) in [7, 11) is 3.80. The highest BCUT2D eigenvalue weighted by Gasteiger charge is 2.14. The summed E-state index contributed by atoms with van der Waals surface area (Å²) >= 11 is 1.44. The Morgan fingerprint density at radius 2 is 2.00 bits per heavy atom. The van der Waals surface area contributed by atoms with Gasteiger partial charge in [-0.15, -0.1) is 0 Å². The SMILES string of the molecule is CN(C)c1ncc2c(=O)n(CCN3CCCCC3)sc2n1. The predicted octanol–water partition coefficient (Wildman–Crippen LogP) is 1.40. The second kappa shape index (κ2) is 6.11. The fraction of sp³-hybridized carbons (Fsp3) is 0.643. The van der Waals surface area contributed by atoms with Gasteiger partial charge in [0, 0.05) is 33.4 Å². The molecule has 1 fully saturated rings. The largest absolute Gasteiger partial charge is 0.347 e. The summed E-state index contributed by atoms with van der Waals surface area (Å²) in [5.41, 5.74) is 0.0392. The molecule has 1 aliphatic rings. The number of hydrogen-bond acceptors (Lipinski definition) is 6. The van der Waals surface area contributed by atoms with Crippen LogP contribution in [0, 0.1) is 0 Å². The van der Waals surface area contributed by atoms with Gasteiger partial charge in [0.15, 0.2) is 4.83 Å².